The standard InChI is InChI=1S/C14H23N3O2/c1-14(19,10-17(2)3)9-16-13(18)8-11-5-4-6-12(15)7-11/h4-7,19H,8-10,15H2,1-3H3,(H,16,18). The van der Waals surface area contributed by atoms with Crippen LogP contribution in [0, 0.1) is 0 Å². The fourth-order valence-electron chi connectivity index (χ4n) is 1.98. The molecule has 1 aromatic carbocycles. The molecule has 0 radical (unpaired) electrons. The predicted octanol–water partition coefficient (Wildman–Crippen LogP) is 0.240. The second-order valence-corrected chi connectivity index (χ2v) is 5.43. The van der Waals surface area contributed by atoms with Crippen molar-refractivity contribution in [3.05, 3.63) is 29.8 Å². The van der Waals surface area contributed by atoms with Gasteiger partial charge in [0.2, 0.25) is 5.91 Å². The molecule has 0 bridgehead atoms. The van der Waals surface area contributed by atoms with Gasteiger partial charge in [-0.25, -0.2) is 0 Å². The zero-order valence-corrected chi connectivity index (χ0v) is 11.8. The normalized spacial score (nSPS) is 14.2. The van der Waals surface area contributed by atoms with Crippen molar-refractivity contribution in [3.8, 4) is 0 Å². The van der Waals surface area contributed by atoms with Crippen molar-refractivity contribution in [1.82, 2.24) is 10.2 Å². The van der Waals surface area contributed by atoms with E-state index in [9.17, 15) is 9.90 Å². The van der Waals surface area contributed by atoms with Crippen molar-refractivity contribution in [2.75, 3.05) is 32.9 Å². The number of nitrogens with two attached hydrogens (primary N) is 1. The summed E-state index contributed by atoms with van der Waals surface area (Å²) in [7, 11) is 3.76. The van der Waals surface area contributed by atoms with Gasteiger partial charge in [-0.2, -0.15) is 0 Å². The van der Waals surface area contributed by atoms with E-state index in [0.29, 0.717) is 12.2 Å². The van der Waals surface area contributed by atoms with Crippen LogP contribution in [0.2, 0.25) is 0 Å². The summed E-state index contributed by atoms with van der Waals surface area (Å²) in [4.78, 5) is 13.7. The van der Waals surface area contributed by atoms with E-state index in [4.69, 9.17) is 5.73 Å². The summed E-state index contributed by atoms with van der Waals surface area (Å²) in [6.07, 6.45) is 0.267. The smallest absolute Gasteiger partial charge is 0.224 e. The molecule has 1 amide bonds. The fourth-order valence-corrected chi connectivity index (χ4v) is 1.98. The van der Waals surface area contributed by atoms with Crippen LogP contribution < -0.4 is 11.1 Å². The van der Waals surface area contributed by atoms with Crippen LogP contribution in [0.15, 0.2) is 24.3 Å². The molecule has 5 nitrogen and oxygen atoms in total. The number of nitrogens with zero attached hydrogens (tertiary/aromatic N) is 1. The van der Waals surface area contributed by atoms with Gasteiger partial charge in [0, 0.05) is 18.8 Å². The lowest BCUT2D eigenvalue weighted by Crippen LogP contribution is -2.47. The molecule has 0 aromatic heterocycles. The third-order valence-electron chi connectivity index (χ3n) is 2.64. The number of amides is 1. The SMILES string of the molecule is CN(C)CC(C)(O)CNC(=O)Cc1cccc(N)c1. The van der Waals surface area contributed by atoms with E-state index in [-0.39, 0.29) is 18.9 Å². The first-order chi connectivity index (χ1) is 8.78. The molecule has 106 valence electrons. The third kappa shape index (κ3) is 6.22. The third-order valence-corrected chi connectivity index (χ3v) is 2.64. The van der Waals surface area contributed by atoms with E-state index in [1.807, 2.05) is 31.1 Å². The Morgan fingerprint density at radius 3 is 2.74 bits per heavy atom. The summed E-state index contributed by atoms with van der Waals surface area (Å²) in [6.45, 7) is 2.42. The monoisotopic (exact) mass is 265 g/mol. The molecule has 1 aromatic rings. The molecular formula is C14H23N3O2. The first kappa shape index (κ1) is 15.5. The first-order valence-corrected chi connectivity index (χ1v) is 6.27. The second kappa shape index (κ2) is 6.54. The summed E-state index contributed by atoms with van der Waals surface area (Å²) < 4.78 is 0. The van der Waals surface area contributed by atoms with Crippen molar-refractivity contribution < 1.29 is 9.90 Å². The Labute approximate surface area is 114 Å². The van der Waals surface area contributed by atoms with E-state index >= 15 is 0 Å². The maximum Gasteiger partial charge on any atom is 0.224 e. The van der Waals surface area contributed by atoms with Crippen molar-refractivity contribution in [2.45, 2.75) is 18.9 Å². The maximum absolute atomic E-state index is 11.8. The van der Waals surface area contributed by atoms with Gasteiger partial charge in [-0.3, -0.25) is 4.79 Å². The molecule has 0 fully saturated rings. The number of nitrogen functional groups attached to an aromatic ring is 1. The zero-order chi connectivity index (χ0) is 14.5. The molecule has 0 saturated heterocycles. The predicted molar refractivity (Wildman–Crippen MR) is 76.7 cm³/mol. The maximum atomic E-state index is 11.8. The number of aliphatic hydroxyl groups is 1. The summed E-state index contributed by atoms with van der Waals surface area (Å²) in [5, 5.41) is 12.8. The summed E-state index contributed by atoms with van der Waals surface area (Å²) in [5.41, 5.74) is 6.23. The van der Waals surface area contributed by atoms with Gasteiger partial charge in [0.05, 0.1) is 12.0 Å². The Balaban J connectivity index is 2.44. The average Bonchev–Trinajstić information content (AvgIpc) is 2.25. The summed E-state index contributed by atoms with van der Waals surface area (Å²) in [5.74, 6) is -0.121. The lowest BCUT2D eigenvalue weighted by Gasteiger charge is -2.27. The minimum absolute atomic E-state index is 0.121. The molecule has 1 atom stereocenters. The van der Waals surface area contributed by atoms with Crippen molar-refractivity contribution in [3.63, 3.8) is 0 Å². The van der Waals surface area contributed by atoms with Gasteiger partial charge in [-0.05, 0) is 38.7 Å². The molecule has 1 unspecified atom stereocenters. The molecule has 0 spiro atoms. The molecule has 0 aliphatic heterocycles. The van der Waals surface area contributed by atoms with Gasteiger partial charge >= 0.3 is 0 Å². The van der Waals surface area contributed by atoms with Gasteiger partial charge in [0.15, 0.2) is 0 Å². The highest BCUT2D eigenvalue weighted by molar-refractivity contribution is 5.78. The van der Waals surface area contributed by atoms with Crippen molar-refractivity contribution >= 4 is 11.6 Å². The van der Waals surface area contributed by atoms with E-state index in [0.717, 1.165) is 5.56 Å². The van der Waals surface area contributed by atoms with Crippen LogP contribution in [0.5, 0.6) is 0 Å². The topological polar surface area (TPSA) is 78.6 Å². The Bertz CT molecular complexity index is 430. The quantitative estimate of drug-likeness (QED) is 0.644. The Morgan fingerprint density at radius 2 is 2.16 bits per heavy atom. The van der Waals surface area contributed by atoms with Crippen LogP contribution in [-0.4, -0.2) is 48.7 Å². The van der Waals surface area contributed by atoms with Crippen LogP contribution in [0.4, 0.5) is 5.69 Å². The number of nitrogens with one attached hydrogen (secondary N) is 1. The van der Waals surface area contributed by atoms with Gasteiger partial charge in [-0.1, -0.05) is 12.1 Å². The van der Waals surface area contributed by atoms with Crippen LogP contribution in [-0.2, 0) is 11.2 Å². The highest BCUT2D eigenvalue weighted by Gasteiger charge is 2.21. The van der Waals surface area contributed by atoms with Crippen LogP contribution in [0.25, 0.3) is 0 Å². The molecular weight excluding hydrogens is 242 g/mol. The van der Waals surface area contributed by atoms with Crippen LogP contribution >= 0.6 is 0 Å². The fraction of sp³-hybridized carbons (Fsp3) is 0.500. The molecule has 0 heterocycles. The number of carbonyl (C=O) groups excluding carboxylic acids is 1. The number of rotatable bonds is 6. The minimum atomic E-state index is -0.936. The lowest BCUT2D eigenvalue weighted by atomic mass is 10.1. The summed E-state index contributed by atoms with van der Waals surface area (Å²) in [6, 6.07) is 7.23. The number of benzene rings is 1. The lowest BCUT2D eigenvalue weighted by molar-refractivity contribution is -0.121. The first-order valence-electron chi connectivity index (χ1n) is 6.27. The molecule has 19 heavy (non-hydrogen) atoms. The average molecular weight is 265 g/mol. The zero-order valence-electron chi connectivity index (χ0n) is 11.8. The Hall–Kier alpha value is -1.59. The minimum Gasteiger partial charge on any atom is -0.399 e. The molecule has 5 heteroatoms. The molecule has 1 rings (SSSR count). The van der Waals surface area contributed by atoms with Gasteiger partial charge in [0.1, 0.15) is 0 Å². The van der Waals surface area contributed by atoms with E-state index < -0.39 is 5.60 Å². The van der Waals surface area contributed by atoms with E-state index in [2.05, 4.69) is 5.32 Å². The molecule has 0 aliphatic rings. The number of carbonyl (C=O) groups is 1. The van der Waals surface area contributed by atoms with E-state index in [1.54, 1.807) is 19.1 Å². The van der Waals surface area contributed by atoms with Crippen LogP contribution in [0.3, 0.4) is 0 Å². The highest BCUT2D eigenvalue weighted by Crippen LogP contribution is 2.07. The number of hydrogen-bond acceptors (Lipinski definition) is 4. The Morgan fingerprint density at radius 1 is 1.47 bits per heavy atom. The summed E-state index contributed by atoms with van der Waals surface area (Å²) >= 11 is 0. The number of hydrogen-bond donors (Lipinski definition) is 3. The van der Waals surface area contributed by atoms with Gasteiger partial charge in [0.25, 0.3) is 0 Å². The van der Waals surface area contributed by atoms with E-state index in [1.165, 1.54) is 0 Å². The van der Waals surface area contributed by atoms with Crippen molar-refractivity contribution in [2.24, 2.45) is 0 Å². The number of anilines is 1. The van der Waals surface area contributed by atoms with Crippen molar-refractivity contribution in [1.29, 1.82) is 0 Å². The van der Waals surface area contributed by atoms with Gasteiger partial charge in [-0.15, -0.1) is 0 Å². The van der Waals surface area contributed by atoms with Gasteiger partial charge < -0.3 is 21.1 Å². The molecule has 0 aliphatic carbocycles. The largest absolute Gasteiger partial charge is 0.399 e. The molecule has 0 saturated carbocycles. The highest BCUT2D eigenvalue weighted by atomic mass is 16.3. The Kier molecular flexibility index (Phi) is 5.32. The molecule has 4 N–H and O–H groups in total. The number of likely N-dealkylation sites (N-methyl/N-ethyl adjacent to an activating group) is 1. The van der Waals surface area contributed by atoms with Crippen LogP contribution in [0.1, 0.15) is 12.5 Å². The second-order valence-electron chi connectivity index (χ2n) is 5.43.